The number of carboxylic acid groups (broad SMARTS) is 1. The summed E-state index contributed by atoms with van der Waals surface area (Å²) in [7, 11) is 0. The Morgan fingerprint density at radius 2 is 1.80 bits per heavy atom. The van der Waals surface area contributed by atoms with Gasteiger partial charge >= 0.3 is 11.9 Å². The first kappa shape index (κ1) is 20.0. The highest BCUT2D eigenvalue weighted by atomic mass is 16.6. The Hall–Kier alpha value is -3.01. The number of hydrazine groups is 1. The molecule has 0 radical (unpaired) electrons. The van der Waals surface area contributed by atoms with Gasteiger partial charge in [0.05, 0.1) is 0 Å². The van der Waals surface area contributed by atoms with Gasteiger partial charge in [0.25, 0.3) is 0 Å². The standard InChI is InChI=1S/C11H15N3O4.C4H5NO2/c1-11(2,3)18-10(17)7-5-4-6(9(15)16)8(13-7)14-12;6-3-1-2-4(7)5-3/h4-5H,12H2,1-3H3,(H,13,14)(H,15,16);1-2H2,(H,5,6,7). The molecule has 0 spiro atoms. The number of carbonyl (C=O) groups excluding carboxylic acids is 3. The van der Waals surface area contributed by atoms with Crippen molar-refractivity contribution in [3.05, 3.63) is 23.4 Å². The molecule has 0 aromatic carbocycles. The smallest absolute Gasteiger partial charge is 0.357 e. The van der Waals surface area contributed by atoms with Crippen LogP contribution in [0.4, 0.5) is 5.82 Å². The fraction of sp³-hybridized carbons (Fsp3) is 0.400. The van der Waals surface area contributed by atoms with Gasteiger partial charge < -0.3 is 15.3 Å². The number of carboxylic acids is 1. The summed E-state index contributed by atoms with van der Waals surface area (Å²) >= 11 is 0. The predicted octanol–water partition coefficient (Wildman–Crippen LogP) is 0.444. The highest BCUT2D eigenvalue weighted by Crippen LogP contribution is 2.15. The number of aromatic carboxylic acids is 1. The van der Waals surface area contributed by atoms with Gasteiger partial charge in [-0.1, -0.05) is 0 Å². The fourth-order valence-electron chi connectivity index (χ4n) is 1.69. The average Bonchev–Trinajstić information content (AvgIpc) is 2.88. The number of ether oxygens (including phenoxy) is 1. The van der Waals surface area contributed by atoms with E-state index in [-0.39, 0.29) is 28.9 Å². The molecule has 1 aromatic heterocycles. The van der Waals surface area contributed by atoms with E-state index in [0.29, 0.717) is 12.8 Å². The first-order chi connectivity index (χ1) is 11.5. The number of pyridine rings is 1. The van der Waals surface area contributed by atoms with Gasteiger partial charge in [-0.25, -0.2) is 20.4 Å². The van der Waals surface area contributed by atoms with E-state index >= 15 is 0 Å². The van der Waals surface area contributed by atoms with E-state index in [2.05, 4.69) is 15.7 Å². The fourth-order valence-corrected chi connectivity index (χ4v) is 1.69. The van der Waals surface area contributed by atoms with Gasteiger partial charge in [-0.05, 0) is 32.9 Å². The van der Waals surface area contributed by atoms with Gasteiger partial charge in [0.1, 0.15) is 11.2 Å². The van der Waals surface area contributed by atoms with Crippen LogP contribution < -0.4 is 16.6 Å². The number of nitrogens with one attached hydrogen (secondary N) is 2. The van der Waals surface area contributed by atoms with E-state index in [4.69, 9.17) is 15.7 Å². The predicted molar refractivity (Wildman–Crippen MR) is 86.6 cm³/mol. The molecular weight excluding hydrogens is 332 g/mol. The van der Waals surface area contributed by atoms with Crippen LogP contribution in [0, 0.1) is 0 Å². The molecule has 1 aromatic rings. The zero-order valence-electron chi connectivity index (χ0n) is 14.1. The molecule has 1 saturated heterocycles. The second kappa shape index (κ2) is 8.20. The highest BCUT2D eigenvalue weighted by molar-refractivity contribution is 6.01. The Balaban J connectivity index is 0.000000370. The lowest BCUT2D eigenvalue weighted by molar-refractivity contribution is -0.124. The number of rotatable bonds is 3. The monoisotopic (exact) mass is 352 g/mol. The molecule has 1 fully saturated rings. The Kier molecular flexibility index (Phi) is 6.57. The van der Waals surface area contributed by atoms with Crippen molar-refractivity contribution in [1.29, 1.82) is 0 Å². The third-order valence-electron chi connectivity index (χ3n) is 2.73. The first-order valence-corrected chi connectivity index (χ1v) is 7.30. The lowest BCUT2D eigenvalue weighted by Crippen LogP contribution is -2.25. The number of nitrogen functional groups attached to an aromatic ring is 1. The second-order valence-electron chi connectivity index (χ2n) is 6.02. The maximum absolute atomic E-state index is 11.7. The van der Waals surface area contributed by atoms with E-state index in [1.807, 2.05) is 0 Å². The van der Waals surface area contributed by atoms with Crippen LogP contribution in [0.1, 0.15) is 54.5 Å². The molecule has 0 aliphatic carbocycles. The van der Waals surface area contributed by atoms with Gasteiger partial charge in [0.2, 0.25) is 11.8 Å². The molecule has 0 bridgehead atoms. The van der Waals surface area contributed by atoms with Crippen molar-refractivity contribution in [2.45, 2.75) is 39.2 Å². The van der Waals surface area contributed by atoms with Crippen molar-refractivity contribution in [2.24, 2.45) is 5.84 Å². The summed E-state index contributed by atoms with van der Waals surface area (Å²) in [5, 5.41) is 11.0. The zero-order chi connectivity index (χ0) is 19.2. The van der Waals surface area contributed by atoms with Crippen LogP contribution in [0.2, 0.25) is 0 Å². The normalized spacial score (nSPS) is 13.4. The molecule has 2 heterocycles. The van der Waals surface area contributed by atoms with E-state index in [1.165, 1.54) is 12.1 Å². The summed E-state index contributed by atoms with van der Waals surface area (Å²) in [4.78, 5) is 46.6. The summed E-state index contributed by atoms with van der Waals surface area (Å²) in [6.07, 6.45) is 0.748. The Labute approximate surface area is 143 Å². The lowest BCUT2D eigenvalue weighted by Gasteiger charge is -2.19. The molecule has 0 saturated carbocycles. The minimum absolute atomic E-state index is 0.0112. The maximum atomic E-state index is 11.7. The molecule has 2 amide bonds. The molecular formula is C15H20N4O6. The highest BCUT2D eigenvalue weighted by Gasteiger charge is 2.21. The minimum atomic E-state index is -1.19. The maximum Gasteiger partial charge on any atom is 0.357 e. The molecule has 5 N–H and O–H groups in total. The summed E-state index contributed by atoms with van der Waals surface area (Å²) < 4.78 is 5.11. The van der Waals surface area contributed by atoms with Crippen molar-refractivity contribution in [3.8, 4) is 0 Å². The third kappa shape index (κ3) is 6.55. The van der Waals surface area contributed by atoms with E-state index in [9.17, 15) is 19.2 Å². The molecule has 2 rings (SSSR count). The number of hydrogen-bond donors (Lipinski definition) is 4. The van der Waals surface area contributed by atoms with Gasteiger partial charge in [-0.2, -0.15) is 0 Å². The number of esters is 1. The number of aromatic nitrogens is 1. The topological polar surface area (TPSA) is 161 Å². The van der Waals surface area contributed by atoms with Crippen LogP contribution >= 0.6 is 0 Å². The number of carbonyl (C=O) groups is 4. The van der Waals surface area contributed by atoms with Crippen LogP contribution in [-0.2, 0) is 14.3 Å². The summed E-state index contributed by atoms with van der Waals surface area (Å²) in [6, 6.07) is 2.52. The third-order valence-corrected chi connectivity index (χ3v) is 2.73. The Morgan fingerprint density at radius 3 is 2.16 bits per heavy atom. The minimum Gasteiger partial charge on any atom is -0.478 e. The number of nitrogens with zero attached hydrogens (tertiary/aromatic N) is 1. The van der Waals surface area contributed by atoms with Crippen LogP contribution in [-0.4, -0.2) is 39.4 Å². The van der Waals surface area contributed by atoms with Gasteiger partial charge in [0.15, 0.2) is 11.5 Å². The Morgan fingerprint density at radius 1 is 1.24 bits per heavy atom. The zero-order valence-corrected chi connectivity index (χ0v) is 14.1. The second-order valence-corrected chi connectivity index (χ2v) is 6.02. The van der Waals surface area contributed by atoms with Crippen molar-refractivity contribution in [2.75, 3.05) is 5.43 Å². The quantitative estimate of drug-likeness (QED) is 0.262. The summed E-state index contributed by atoms with van der Waals surface area (Å²) in [6.45, 7) is 5.16. The number of amides is 2. The van der Waals surface area contributed by atoms with Crippen molar-refractivity contribution in [1.82, 2.24) is 10.3 Å². The van der Waals surface area contributed by atoms with E-state index < -0.39 is 17.5 Å². The van der Waals surface area contributed by atoms with Crippen LogP contribution in [0.25, 0.3) is 0 Å². The molecule has 1 aliphatic rings. The number of anilines is 1. The van der Waals surface area contributed by atoms with Gasteiger partial charge in [0, 0.05) is 12.8 Å². The molecule has 1 aliphatic heterocycles. The number of hydrogen-bond acceptors (Lipinski definition) is 8. The van der Waals surface area contributed by atoms with E-state index in [0.717, 1.165) is 0 Å². The Bertz CT molecular complexity index is 682. The van der Waals surface area contributed by atoms with Crippen molar-refractivity contribution >= 4 is 29.6 Å². The van der Waals surface area contributed by atoms with Crippen LogP contribution in [0.5, 0.6) is 0 Å². The van der Waals surface area contributed by atoms with Gasteiger partial charge in [-0.3, -0.25) is 14.9 Å². The SMILES string of the molecule is CC(C)(C)OC(=O)c1ccc(C(=O)O)c(NN)n1.O=C1CCC(=O)N1. The van der Waals surface area contributed by atoms with Crippen molar-refractivity contribution < 1.29 is 29.0 Å². The lowest BCUT2D eigenvalue weighted by atomic mass is 10.2. The average molecular weight is 352 g/mol. The molecule has 10 heteroatoms. The molecule has 25 heavy (non-hydrogen) atoms. The van der Waals surface area contributed by atoms with Gasteiger partial charge in [-0.15, -0.1) is 0 Å². The largest absolute Gasteiger partial charge is 0.478 e. The van der Waals surface area contributed by atoms with Crippen LogP contribution in [0.3, 0.4) is 0 Å². The molecule has 136 valence electrons. The molecule has 10 nitrogen and oxygen atoms in total. The summed E-state index contributed by atoms with van der Waals surface area (Å²) in [5.74, 6) is 2.94. The summed E-state index contributed by atoms with van der Waals surface area (Å²) in [5.41, 5.74) is 1.35. The van der Waals surface area contributed by atoms with Crippen LogP contribution in [0.15, 0.2) is 12.1 Å². The van der Waals surface area contributed by atoms with E-state index in [1.54, 1.807) is 20.8 Å². The molecule has 0 unspecified atom stereocenters. The first-order valence-electron chi connectivity index (χ1n) is 7.30. The number of imide groups is 1. The number of nitrogens with two attached hydrogens (primary N) is 1. The van der Waals surface area contributed by atoms with Crippen molar-refractivity contribution in [3.63, 3.8) is 0 Å². The molecule has 0 atom stereocenters.